The van der Waals surface area contributed by atoms with E-state index in [-0.39, 0.29) is 17.8 Å². The van der Waals surface area contributed by atoms with Gasteiger partial charge in [0.15, 0.2) is 0 Å². The van der Waals surface area contributed by atoms with Gasteiger partial charge in [-0.1, -0.05) is 18.2 Å². The second kappa shape index (κ2) is 8.56. The van der Waals surface area contributed by atoms with Crippen LogP contribution in [0.2, 0.25) is 0 Å². The van der Waals surface area contributed by atoms with Gasteiger partial charge in [-0.15, -0.1) is 0 Å². The van der Waals surface area contributed by atoms with Gasteiger partial charge in [0.2, 0.25) is 0 Å². The third kappa shape index (κ3) is 4.45. The molecule has 0 radical (unpaired) electrons. The average molecular weight is 353 g/mol. The van der Waals surface area contributed by atoms with Crippen molar-refractivity contribution >= 4 is 5.91 Å². The fourth-order valence-electron chi connectivity index (χ4n) is 3.05. The van der Waals surface area contributed by atoms with E-state index < -0.39 is 0 Å². The molecule has 3 rings (SSSR count). The van der Waals surface area contributed by atoms with E-state index in [1.165, 1.54) is 12.1 Å². The van der Waals surface area contributed by atoms with E-state index >= 15 is 0 Å². The summed E-state index contributed by atoms with van der Waals surface area (Å²) in [6.45, 7) is 3.16. The molecule has 26 heavy (non-hydrogen) atoms. The number of ether oxygens (including phenoxy) is 1. The van der Waals surface area contributed by atoms with Crippen molar-refractivity contribution in [1.29, 1.82) is 5.26 Å². The third-order valence-electron chi connectivity index (χ3n) is 4.45. The van der Waals surface area contributed by atoms with Crippen LogP contribution in [-0.2, 0) is 4.74 Å². The summed E-state index contributed by atoms with van der Waals surface area (Å²) >= 11 is 0. The molecule has 134 valence electrons. The average Bonchev–Trinajstić information content (AvgIpc) is 2.70. The summed E-state index contributed by atoms with van der Waals surface area (Å²) in [5.74, 6) is -0.519. The van der Waals surface area contributed by atoms with E-state index in [9.17, 15) is 9.18 Å². The Morgan fingerprint density at radius 2 is 1.96 bits per heavy atom. The van der Waals surface area contributed by atoms with Crippen LogP contribution in [0.1, 0.15) is 27.5 Å². The van der Waals surface area contributed by atoms with Gasteiger partial charge >= 0.3 is 0 Å². The second-order valence-electron chi connectivity index (χ2n) is 6.12. The molecule has 1 heterocycles. The van der Waals surface area contributed by atoms with Crippen molar-refractivity contribution in [3.63, 3.8) is 0 Å². The lowest BCUT2D eigenvalue weighted by Gasteiger charge is -2.35. The predicted molar refractivity (Wildman–Crippen MR) is 95.0 cm³/mol. The highest BCUT2D eigenvalue weighted by Gasteiger charge is 2.23. The summed E-state index contributed by atoms with van der Waals surface area (Å²) in [6, 6.07) is 14.9. The van der Waals surface area contributed by atoms with Gasteiger partial charge in [-0.2, -0.15) is 5.26 Å². The normalized spacial score (nSPS) is 15.8. The van der Waals surface area contributed by atoms with Crippen molar-refractivity contribution in [2.45, 2.75) is 6.04 Å². The van der Waals surface area contributed by atoms with Crippen molar-refractivity contribution < 1.29 is 13.9 Å². The van der Waals surface area contributed by atoms with E-state index in [1.54, 1.807) is 36.4 Å². The van der Waals surface area contributed by atoms with Gasteiger partial charge in [0.1, 0.15) is 5.82 Å². The number of nitrogens with zero attached hydrogens (tertiary/aromatic N) is 2. The number of hydrogen-bond donors (Lipinski definition) is 1. The topological polar surface area (TPSA) is 65.4 Å². The Hall–Kier alpha value is -2.75. The predicted octanol–water partition coefficient (Wildman–Crippen LogP) is 2.50. The molecule has 5 nitrogen and oxygen atoms in total. The van der Waals surface area contributed by atoms with Gasteiger partial charge in [-0.05, 0) is 35.9 Å². The van der Waals surface area contributed by atoms with E-state index in [1.807, 2.05) is 6.07 Å². The number of nitrogens with one attached hydrogen (secondary N) is 1. The van der Waals surface area contributed by atoms with Gasteiger partial charge in [0.05, 0.1) is 30.9 Å². The number of carbonyl (C=O) groups excluding carboxylic acids is 1. The minimum Gasteiger partial charge on any atom is -0.379 e. The fourth-order valence-corrected chi connectivity index (χ4v) is 3.05. The monoisotopic (exact) mass is 353 g/mol. The number of halogens is 1. The standard InChI is InChI=1S/C20H20FN3O2/c21-18-6-4-16(5-7-18)19(24-8-10-26-11-9-24)14-23-20(25)17-3-1-2-15(12-17)13-22/h1-7,12,19H,8-11,14H2,(H,23,25)/t19-/m1/s1. The summed E-state index contributed by atoms with van der Waals surface area (Å²) < 4.78 is 18.7. The molecule has 0 spiro atoms. The molecule has 0 aromatic heterocycles. The quantitative estimate of drug-likeness (QED) is 0.897. The first-order valence-corrected chi connectivity index (χ1v) is 8.53. The number of morpholine rings is 1. The maximum absolute atomic E-state index is 13.3. The van der Waals surface area contributed by atoms with E-state index in [0.29, 0.717) is 30.9 Å². The van der Waals surface area contributed by atoms with Crippen LogP contribution in [0.25, 0.3) is 0 Å². The minimum absolute atomic E-state index is 0.0670. The molecular weight excluding hydrogens is 333 g/mol. The van der Waals surface area contributed by atoms with Crippen molar-refractivity contribution in [1.82, 2.24) is 10.2 Å². The van der Waals surface area contributed by atoms with Crippen LogP contribution in [0.15, 0.2) is 48.5 Å². The number of carbonyl (C=O) groups is 1. The Morgan fingerprint density at radius 1 is 1.23 bits per heavy atom. The zero-order valence-electron chi connectivity index (χ0n) is 14.3. The van der Waals surface area contributed by atoms with Gasteiger partial charge in [0, 0.05) is 25.2 Å². The van der Waals surface area contributed by atoms with E-state index in [4.69, 9.17) is 10.00 Å². The van der Waals surface area contributed by atoms with Crippen LogP contribution in [0.3, 0.4) is 0 Å². The smallest absolute Gasteiger partial charge is 0.251 e. The first-order valence-electron chi connectivity index (χ1n) is 8.53. The number of nitriles is 1. The highest BCUT2D eigenvalue weighted by molar-refractivity contribution is 5.94. The first kappa shape index (κ1) is 18.1. The number of amides is 1. The maximum Gasteiger partial charge on any atom is 0.251 e. The van der Waals surface area contributed by atoms with Crippen LogP contribution in [0.4, 0.5) is 4.39 Å². The van der Waals surface area contributed by atoms with E-state index in [0.717, 1.165) is 18.7 Å². The number of benzene rings is 2. The third-order valence-corrected chi connectivity index (χ3v) is 4.45. The van der Waals surface area contributed by atoms with Crippen LogP contribution >= 0.6 is 0 Å². The zero-order chi connectivity index (χ0) is 18.4. The molecule has 1 saturated heterocycles. The molecule has 0 aliphatic carbocycles. The molecular formula is C20H20FN3O2. The lowest BCUT2D eigenvalue weighted by Crippen LogP contribution is -2.43. The van der Waals surface area contributed by atoms with Crippen molar-refractivity contribution in [2.75, 3.05) is 32.8 Å². The summed E-state index contributed by atoms with van der Waals surface area (Å²) in [5, 5.41) is 11.9. The molecule has 0 bridgehead atoms. The molecule has 1 aliphatic heterocycles. The van der Waals surface area contributed by atoms with Crippen molar-refractivity contribution in [2.24, 2.45) is 0 Å². The number of hydrogen-bond acceptors (Lipinski definition) is 4. The molecule has 1 atom stereocenters. The van der Waals surface area contributed by atoms with Crippen LogP contribution < -0.4 is 5.32 Å². The highest BCUT2D eigenvalue weighted by Crippen LogP contribution is 2.22. The van der Waals surface area contributed by atoms with Crippen molar-refractivity contribution in [3.8, 4) is 6.07 Å². The first-order chi connectivity index (χ1) is 12.7. The summed E-state index contributed by atoms with van der Waals surface area (Å²) in [7, 11) is 0. The lowest BCUT2D eigenvalue weighted by atomic mass is 10.0. The van der Waals surface area contributed by atoms with Gasteiger partial charge < -0.3 is 10.1 Å². The highest BCUT2D eigenvalue weighted by atomic mass is 19.1. The Bertz CT molecular complexity index is 795. The Labute approximate surface area is 152 Å². The van der Waals surface area contributed by atoms with Crippen LogP contribution in [0, 0.1) is 17.1 Å². The Morgan fingerprint density at radius 3 is 2.65 bits per heavy atom. The Kier molecular flexibility index (Phi) is 5.95. The van der Waals surface area contributed by atoms with Crippen molar-refractivity contribution in [3.05, 3.63) is 71.0 Å². The molecule has 1 fully saturated rings. The van der Waals surface area contributed by atoms with Gasteiger partial charge in [-0.25, -0.2) is 4.39 Å². The molecule has 1 amide bonds. The zero-order valence-corrected chi connectivity index (χ0v) is 14.3. The fraction of sp³-hybridized carbons (Fsp3) is 0.300. The molecule has 2 aromatic carbocycles. The SMILES string of the molecule is N#Cc1cccc(C(=O)NC[C@H](c2ccc(F)cc2)N2CCOCC2)c1. The molecule has 0 unspecified atom stereocenters. The van der Waals surface area contributed by atoms with Gasteiger partial charge in [-0.3, -0.25) is 9.69 Å². The lowest BCUT2D eigenvalue weighted by molar-refractivity contribution is 0.0162. The van der Waals surface area contributed by atoms with Gasteiger partial charge in [0.25, 0.3) is 5.91 Å². The summed E-state index contributed by atoms with van der Waals surface area (Å²) in [5.41, 5.74) is 1.84. The van der Waals surface area contributed by atoms with Crippen LogP contribution in [0.5, 0.6) is 0 Å². The molecule has 0 saturated carbocycles. The largest absolute Gasteiger partial charge is 0.379 e. The minimum atomic E-state index is -0.285. The molecule has 1 N–H and O–H groups in total. The molecule has 6 heteroatoms. The molecule has 2 aromatic rings. The van der Waals surface area contributed by atoms with Crippen LogP contribution in [-0.4, -0.2) is 43.7 Å². The maximum atomic E-state index is 13.3. The second-order valence-corrected chi connectivity index (χ2v) is 6.12. The summed E-state index contributed by atoms with van der Waals surface area (Å²) in [6.07, 6.45) is 0. The number of rotatable bonds is 5. The summed E-state index contributed by atoms with van der Waals surface area (Å²) in [4.78, 5) is 14.7. The molecule has 1 aliphatic rings. The van der Waals surface area contributed by atoms with E-state index in [2.05, 4.69) is 10.2 Å². The Balaban J connectivity index is 1.73.